The lowest BCUT2D eigenvalue weighted by Crippen LogP contribution is -1.97. The van der Waals surface area contributed by atoms with Crippen LogP contribution in [0.25, 0.3) is 0 Å². The Bertz CT molecular complexity index is 551. The maximum atomic E-state index is 5.83. The summed E-state index contributed by atoms with van der Waals surface area (Å²) in [5.41, 5.74) is 7.57. The van der Waals surface area contributed by atoms with Crippen LogP contribution in [0.5, 0.6) is 17.5 Å². The summed E-state index contributed by atoms with van der Waals surface area (Å²) in [4.78, 5) is 4.17. The van der Waals surface area contributed by atoms with Gasteiger partial charge in [-0.25, -0.2) is 0 Å². The van der Waals surface area contributed by atoms with Crippen LogP contribution in [0.3, 0.4) is 0 Å². The van der Waals surface area contributed by atoms with Gasteiger partial charge in [-0.2, -0.15) is 4.98 Å². The molecule has 100 valence electrons. The zero-order chi connectivity index (χ0) is 13.8. The van der Waals surface area contributed by atoms with Crippen LogP contribution >= 0.6 is 0 Å². The maximum absolute atomic E-state index is 5.83. The molecule has 0 aliphatic rings. The Kier molecular flexibility index (Phi) is 3.90. The molecule has 1 aromatic carbocycles. The van der Waals surface area contributed by atoms with Gasteiger partial charge in [-0.1, -0.05) is 26.0 Å². The predicted molar refractivity (Wildman–Crippen MR) is 75.8 cm³/mol. The average molecular weight is 258 g/mol. The molecule has 0 aliphatic carbocycles. The minimum absolute atomic E-state index is 0.358. The first-order valence-electron chi connectivity index (χ1n) is 6.18. The second-order valence-corrected chi connectivity index (χ2v) is 4.57. The summed E-state index contributed by atoms with van der Waals surface area (Å²) in [7, 11) is 1.56. The van der Waals surface area contributed by atoms with E-state index in [9.17, 15) is 0 Å². The van der Waals surface area contributed by atoms with E-state index in [0.29, 0.717) is 29.1 Å². The van der Waals surface area contributed by atoms with E-state index in [1.165, 1.54) is 5.56 Å². The summed E-state index contributed by atoms with van der Waals surface area (Å²) in [5, 5.41) is 0. The summed E-state index contributed by atoms with van der Waals surface area (Å²) >= 11 is 0. The largest absolute Gasteiger partial charge is 0.481 e. The van der Waals surface area contributed by atoms with Gasteiger partial charge in [0.05, 0.1) is 12.8 Å². The Labute approximate surface area is 113 Å². The molecule has 4 nitrogen and oxygen atoms in total. The minimum atomic E-state index is 0.358. The molecule has 19 heavy (non-hydrogen) atoms. The first-order valence-corrected chi connectivity index (χ1v) is 6.18. The van der Waals surface area contributed by atoms with Gasteiger partial charge in [0.2, 0.25) is 11.8 Å². The van der Waals surface area contributed by atoms with Crippen molar-refractivity contribution in [3.05, 3.63) is 42.0 Å². The van der Waals surface area contributed by atoms with Gasteiger partial charge < -0.3 is 15.2 Å². The van der Waals surface area contributed by atoms with E-state index in [4.69, 9.17) is 15.2 Å². The number of rotatable bonds is 4. The standard InChI is InChI=1S/C15H18N2O2/c1-10(2)11-4-6-12(7-5-11)19-15-13(16)8-9-14(17-15)18-3/h4-10H,16H2,1-3H3. The van der Waals surface area contributed by atoms with Crippen molar-refractivity contribution in [3.63, 3.8) is 0 Å². The fraction of sp³-hybridized carbons (Fsp3) is 0.267. The van der Waals surface area contributed by atoms with Crippen LogP contribution < -0.4 is 15.2 Å². The fourth-order valence-electron chi connectivity index (χ4n) is 1.66. The molecule has 2 N–H and O–H groups in total. The van der Waals surface area contributed by atoms with Crippen LogP contribution in [0.15, 0.2) is 36.4 Å². The van der Waals surface area contributed by atoms with Crippen LogP contribution in [0.4, 0.5) is 5.69 Å². The Hall–Kier alpha value is -2.23. The average Bonchev–Trinajstić information content (AvgIpc) is 2.42. The molecular formula is C15H18N2O2. The van der Waals surface area contributed by atoms with Gasteiger partial charge in [0.1, 0.15) is 5.75 Å². The highest BCUT2D eigenvalue weighted by Gasteiger charge is 2.07. The lowest BCUT2D eigenvalue weighted by atomic mass is 10.0. The summed E-state index contributed by atoms with van der Waals surface area (Å²) in [5.74, 6) is 2.03. The lowest BCUT2D eigenvalue weighted by molar-refractivity contribution is 0.384. The third-order valence-corrected chi connectivity index (χ3v) is 2.83. The molecule has 0 bridgehead atoms. The van der Waals surface area contributed by atoms with Gasteiger partial charge in [0, 0.05) is 6.07 Å². The Morgan fingerprint density at radius 3 is 2.32 bits per heavy atom. The summed E-state index contributed by atoms with van der Waals surface area (Å²) < 4.78 is 10.7. The number of hydrogen-bond acceptors (Lipinski definition) is 4. The number of nitrogens with zero attached hydrogens (tertiary/aromatic N) is 1. The molecule has 1 heterocycles. The number of anilines is 1. The molecule has 4 heteroatoms. The molecule has 0 atom stereocenters. The van der Waals surface area contributed by atoms with Crippen LogP contribution in [0, 0.1) is 0 Å². The van der Waals surface area contributed by atoms with Gasteiger partial charge >= 0.3 is 0 Å². The maximum Gasteiger partial charge on any atom is 0.246 e. The van der Waals surface area contributed by atoms with Crippen LogP contribution in [0.1, 0.15) is 25.3 Å². The highest BCUT2D eigenvalue weighted by molar-refractivity contribution is 5.51. The van der Waals surface area contributed by atoms with Crippen molar-refractivity contribution in [2.75, 3.05) is 12.8 Å². The molecule has 2 aromatic rings. The van der Waals surface area contributed by atoms with Gasteiger partial charge in [-0.3, -0.25) is 0 Å². The van der Waals surface area contributed by atoms with Crippen molar-refractivity contribution in [2.45, 2.75) is 19.8 Å². The number of methoxy groups -OCH3 is 1. The van der Waals surface area contributed by atoms with Crippen LogP contribution in [-0.2, 0) is 0 Å². The molecule has 0 saturated heterocycles. The monoisotopic (exact) mass is 258 g/mol. The molecule has 0 radical (unpaired) electrons. The van der Waals surface area contributed by atoms with E-state index in [1.54, 1.807) is 19.2 Å². The zero-order valence-electron chi connectivity index (χ0n) is 11.4. The fourth-order valence-corrected chi connectivity index (χ4v) is 1.66. The number of pyridine rings is 1. The van der Waals surface area contributed by atoms with Crippen molar-refractivity contribution in [2.24, 2.45) is 0 Å². The summed E-state index contributed by atoms with van der Waals surface area (Å²) in [6, 6.07) is 11.3. The van der Waals surface area contributed by atoms with Crippen molar-refractivity contribution in [1.82, 2.24) is 4.98 Å². The Morgan fingerprint density at radius 2 is 1.74 bits per heavy atom. The number of nitrogens with two attached hydrogens (primary N) is 1. The van der Waals surface area contributed by atoms with E-state index in [2.05, 4.69) is 18.8 Å². The first kappa shape index (κ1) is 13.2. The van der Waals surface area contributed by atoms with Gasteiger partial charge in [-0.05, 0) is 29.7 Å². The van der Waals surface area contributed by atoms with Gasteiger partial charge in [-0.15, -0.1) is 0 Å². The van der Waals surface area contributed by atoms with Crippen molar-refractivity contribution in [1.29, 1.82) is 0 Å². The lowest BCUT2D eigenvalue weighted by Gasteiger charge is -2.10. The molecule has 0 aliphatic heterocycles. The molecule has 0 unspecified atom stereocenters. The highest BCUT2D eigenvalue weighted by atomic mass is 16.5. The van der Waals surface area contributed by atoms with E-state index in [-0.39, 0.29) is 0 Å². The predicted octanol–water partition coefficient (Wildman–Crippen LogP) is 3.59. The van der Waals surface area contributed by atoms with E-state index >= 15 is 0 Å². The highest BCUT2D eigenvalue weighted by Crippen LogP contribution is 2.28. The third-order valence-electron chi connectivity index (χ3n) is 2.83. The Balaban J connectivity index is 2.20. The summed E-state index contributed by atoms with van der Waals surface area (Å²) in [6.45, 7) is 4.30. The SMILES string of the molecule is COc1ccc(N)c(Oc2ccc(C(C)C)cc2)n1. The van der Waals surface area contributed by atoms with Crippen molar-refractivity contribution >= 4 is 5.69 Å². The first-order chi connectivity index (χ1) is 9.10. The topological polar surface area (TPSA) is 57.4 Å². The number of aromatic nitrogens is 1. The minimum Gasteiger partial charge on any atom is -0.481 e. The number of hydrogen-bond donors (Lipinski definition) is 1. The Morgan fingerprint density at radius 1 is 1.05 bits per heavy atom. The smallest absolute Gasteiger partial charge is 0.246 e. The van der Waals surface area contributed by atoms with Gasteiger partial charge in [0.15, 0.2) is 0 Å². The van der Waals surface area contributed by atoms with Crippen LogP contribution in [-0.4, -0.2) is 12.1 Å². The molecule has 2 rings (SSSR count). The molecule has 0 fully saturated rings. The van der Waals surface area contributed by atoms with E-state index in [1.807, 2.05) is 24.3 Å². The molecule has 0 spiro atoms. The van der Waals surface area contributed by atoms with Crippen molar-refractivity contribution < 1.29 is 9.47 Å². The van der Waals surface area contributed by atoms with Crippen molar-refractivity contribution in [3.8, 4) is 17.5 Å². The van der Waals surface area contributed by atoms with Crippen LogP contribution in [0.2, 0.25) is 0 Å². The quantitative estimate of drug-likeness (QED) is 0.910. The second-order valence-electron chi connectivity index (χ2n) is 4.57. The molecule has 0 amide bonds. The van der Waals surface area contributed by atoms with E-state index in [0.717, 1.165) is 0 Å². The molecule has 0 saturated carbocycles. The zero-order valence-corrected chi connectivity index (χ0v) is 11.4. The van der Waals surface area contributed by atoms with E-state index < -0.39 is 0 Å². The normalized spacial score (nSPS) is 10.5. The van der Waals surface area contributed by atoms with Gasteiger partial charge in [0.25, 0.3) is 0 Å². The molecular weight excluding hydrogens is 240 g/mol. The second kappa shape index (κ2) is 5.61. The summed E-state index contributed by atoms with van der Waals surface area (Å²) in [6.07, 6.45) is 0. The molecule has 1 aromatic heterocycles. The third kappa shape index (κ3) is 3.16. The number of ether oxygens (including phenoxy) is 2. The number of nitrogen functional groups attached to an aromatic ring is 1. The number of benzene rings is 1.